The summed E-state index contributed by atoms with van der Waals surface area (Å²) in [5, 5.41) is 3.68. The summed E-state index contributed by atoms with van der Waals surface area (Å²) in [6.07, 6.45) is 3.31. The van der Waals surface area contributed by atoms with Crippen LogP contribution in [0.2, 0.25) is 0 Å². The van der Waals surface area contributed by atoms with Crippen LogP contribution >= 0.6 is 0 Å². The summed E-state index contributed by atoms with van der Waals surface area (Å²) in [4.78, 5) is 29.2. The number of likely N-dealkylation sites (tertiary alicyclic amines) is 1. The van der Waals surface area contributed by atoms with Crippen LogP contribution in [0.1, 0.15) is 102 Å². The summed E-state index contributed by atoms with van der Waals surface area (Å²) in [5.74, 6) is 0.113. The topological polar surface area (TPSA) is 49.4 Å². The Bertz CT molecular complexity index is 626. The van der Waals surface area contributed by atoms with Crippen LogP contribution in [0, 0.1) is 28.6 Å². The first-order chi connectivity index (χ1) is 12.9. The Morgan fingerprint density at radius 3 is 1.90 bits per heavy atom. The van der Waals surface area contributed by atoms with E-state index in [1.165, 1.54) is 0 Å². The lowest BCUT2D eigenvalue weighted by Crippen LogP contribution is -2.63. The van der Waals surface area contributed by atoms with E-state index in [1.54, 1.807) is 4.90 Å². The molecule has 2 fully saturated rings. The van der Waals surface area contributed by atoms with Crippen LogP contribution in [0.4, 0.5) is 0 Å². The number of nitrogens with zero attached hydrogens (tertiary/aromatic N) is 1. The van der Waals surface area contributed by atoms with Crippen molar-refractivity contribution in [2.75, 3.05) is 0 Å². The molecule has 0 radical (unpaired) electrons. The highest BCUT2D eigenvalue weighted by Crippen LogP contribution is 2.48. The molecule has 2 amide bonds. The van der Waals surface area contributed by atoms with E-state index in [2.05, 4.69) is 81.5 Å². The van der Waals surface area contributed by atoms with Crippen LogP contribution in [0.15, 0.2) is 0 Å². The van der Waals surface area contributed by atoms with Gasteiger partial charge >= 0.3 is 0 Å². The molecule has 0 aliphatic carbocycles. The Labute approximate surface area is 179 Å². The number of nitrogens with one attached hydrogen (secondary N) is 1. The molecule has 3 unspecified atom stereocenters. The number of amides is 2. The maximum atomic E-state index is 13.8. The first-order valence-corrected chi connectivity index (χ1v) is 11.6. The Morgan fingerprint density at radius 2 is 1.48 bits per heavy atom. The number of imide groups is 1. The third-order valence-electron chi connectivity index (χ3n) is 7.83. The second kappa shape index (κ2) is 7.66. The predicted octanol–water partition coefficient (Wildman–Crippen LogP) is 5.41. The number of piperidine rings is 1. The van der Waals surface area contributed by atoms with Gasteiger partial charge in [0.1, 0.15) is 0 Å². The first kappa shape index (κ1) is 24.4. The van der Waals surface area contributed by atoms with E-state index >= 15 is 0 Å². The second-order valence-corrected chi connectivity index (χ2v) is 12.9. The van der Waals surface area contributed by atoms with E-state index < -0.39 is 0 Å². The molecule has 0 saturated carbocycles. The molecular weight excluding hydrogens is 360 g/mol. The predicted molar refractivity (Wildman–Crippen MR) is 120 cm³/mol. The van der Waals surface area contributed by atoms with Gasteiger partial charge in [0.25, 0.3) is 0 Å². The van der Waals surface area contributed by atoms with Crippen molar-refractivity contribution in [1.82, 2.24) is 10.2 Å². The monoisotopic (exact) mass is 406 g/mol. The quantitative estimate of drug-likeness (QED) is 0.621. The molecule has 2 heterocycles. The van der Waals surface area contributed by atoms with Gasteiger partial charge in [0.15, 0.2) is 0 Å². The summed E-state index contributed by atoms with van der Waals surface area (Å²) in [5.41, 5.74) is -0.253. The van der Waals surface area contributed by atoms with Crippen LogP contribution in [0.5, 0.6) is 0 Å². The van der Waals surface area contributed by atoms with Crippen molar-refractivity contribution in [3.8, 4) is 0 Å². The number of hydrogen-bond donors (Lipinski definition) is 1. The molecule has 0 spiro atoms. The molecule has 2 aliphatic heterocycles. The Morgan fingerprint density at radius 1 is 1.00 bits per heavy atom. The van der Waals surface area contributed by atoms with Gasteiger partial charge < -0.3 is 5.32 Å². The fourth-order valence-corrected chi connectivity index (χ4v) is 5.63. The van der Waals surface area contributed by atoms with Gasteiger partial charge in [-0.25, -0.2) is 0 Å². The molecule has 0 aromatic heterocycles. The highest BCUT2D eigenvalue weighted by Gasteiger charge is 2.56. The number of carbonyl (C=O) groups excluding carboxylic acids is 2. The highest BCUT2D eigenvalue weighted by atomic mass is 16.2. The number of carbonyl (C=O) groups is 2. The van der Waals surface area contributed by atoms with Crippen molar-refractivity contribution >= 4 is 11.8 Å². The largest absolute Gasteiger partial charge is 0.307 e. The lowest BCUT2D eigenvalue weighted by atomic mass is 9.67. The first-order valence-electron chi connectivity index (χ1n) is 11.6. The van der Waals surface area contributed by atoms with Crippen LogP contribution < -0.4 is 5.32 Å². The Hall–Kier alpha value is -0.900. The molecule has 2 rings (SSSR count). The van der Waals surface area contributed by atoms with Crippen LogP contribution in [0.3, 0.4) is 0 Å². The van der Waals surface area contributed by atoms with Crippen molar-refractivity contribution < 1.29 is 9.59 Å². The van der Waals surface area contributed by atoms with Gasteiger partial charge in [0.05, 0.1) is 11.8 Å². The minimum absolute atomic E-state index is 0.0219. The normalized spacial score (nSPS) is 29.4. The SMILES string of the molecule is CCC(C)(C)C1C(=O)N(C2CC(C)(C)NC(C)(C)C2)C(=O)C1CC(C)C(C)(C)C. The zero-order valence-corrected chi connectivity index (χ0v) is 20.9. The molecule has 4 nitrogen and oxygen atoms in total. The van der Waals surface area contributed by atoms with Crippen molar-refractivity contribution in [2.45, 2.75) is 119 Å². The van der Waals surface area contributed by atoms with Gasteiger partial charge in [-0.2, -0.15) is 0 Å². The van der Waals surface area contributed by atoms with E-state index in [4.69, 9.17) is 0 Å². The summed E-state index contributed by atoms with van der Waals surface area (Å²) in [6, 6.07) is -0.0219. The van der Waals surface area contributed by atoms with Gasteiger partial charge in [0.2, 0.25) is 11.8 Å². The summed E-state index contributed by atoms with van der Waals surface area (Å²) < 4.78 is 0. The maximum Gasteiger partial charge on any atom is 0.233 e. The van der Waals surface area contributed by atoms with Gasteiger partial charge in [-0.3, -0.25) is 14.5 Å². The van der Waals surface area contributed by atoms with Crippen LogP contribution in [-0.2, 0) is 9.59 Å². The third-order valence-corrected chi connectivity index (χ3v) is 7.83. The van der Waals surface area contributed by atoms with E-state index in [0.717, 1.165) is 25.7 Å². The Balaban J connectivity index is 2.42. The maximum absolute atomic E-state index is 13.8. The summed E-state index contributed by atoms with van der Waals surface area (Å²) in [6.45, 7) is 24.1. The zero-order chi connectivity index (χ0) is 22.6. The summed E-state index contributed by atoms with van der Waals surface area (Å²) in [7, 11) is 0. The van der Waals surface area contributed by atoms with Gasteiger partial charge in [-0.05, 0) is 63.7 Å². The molecule has 3 atom stereocenters. The molecule has 0 bridgehead atoms. The van der Waals surface area contributed by atoms with Crippen LogP contribution in [0.25, 0.3) is 0 Å². The van der Waals surface area contributed by atoms with Gasteiger partial charge in [-0.1, -0.05) is 54.9 Å². The lowest BCUT2D eigenvalue weighted by Gasteiger charge is -2.48. The molecule has 1 N–H and O–H groups in total. The lowest BCUT2D eigenvalue weighted by molar-refractivity contribution is -0.145. The van der Waals surface area contributed by atoms with Crippen molar-refractivity contribution in [3.63, 3.8) is 0 Å². The average Bonchev–Trinajstić information content (AvgIpc) is 2.74. The van der Waals surface area contributed by atoms with Crippen LogP contribution in [-0.4, -0.2) is 33.8 Å². The second-order valence-electron chi connectivity index (χ2n) is 12.9. The molecule has 2 aliphatic rings. The standard InChI is InChI=1S/C25H46N2O2/c1-12-23(6,7)19-18(13-16(2)22(3,4)5)20(28)27(21(19)29)17-14-24(8,9)26-25(10,11)15-17/h16-19,26H,12-15H2,1-11H3. The van der Waals surface area contributed by atoms with E-state index in [0.29, 0.717) is 5.92 Å². The van der Waals surface area contributed by atoms with E-state index in [9.17, 15) is 9.59 Å². The summed E-state index contributed by atoms with van der Waals surface area (Å²) >= 11 is 0. The molecular formula is C25H46N2O2. The minimum atomic E-state index is -0.217. The number of rotatable bonds is 5. The molecule has 4 heteroatoms. The Kier molecular flexibility index (Phi) is 6.43. The van der Waals surface area contributed by atoms with E-state index in [-0.39, 0.29) is 51.6 Å². The van der Waals surface area contributed by atoms with Crippen molar-refractivity contribution in [1.29, 1.82) is 0 Å². The molecule has 0 aromatic carbocycles. The van der Waals surface area contributed by atoms with Crippen molar-refractivity contribution in [2.24, 2.45) is 28.6 Å². The van der Waals surface area contributed by atoms with Crippen molar-refractivity contribution in [3.05, 3.63) is 0 Å². The third kappa shape index (κ3) is 5.06. The highest BCUT2D eigenvalue weighted by molar-refractivity contribution is 6.05. The average molecular weight is 407 g/mol. The fourth-order valence-electron chi connectivity index (χ4n) is 5.63. The number of hydrogen-bond acceptors (Lipinski definition) is 3. The van der Waals surface area contributed by atoms with Gasteiger partial charge in [-0.15, -0.1) is 0 Å². The van der Waals surface area contributed by atoms with Gasteiger partial charge in [0, 0.05) is 17.1 Å². The smallest absolute Gasteiger partial charge is 0.233 e. The minimum Gasteiger partial charge on any atom is -0.307 e. The fraction of sp³-hybridized carbons (Fsp3) is 0.920. The molecule has 168 valence electrons. The molecule has 2 saturated heterocycles. The molecule has 29 heavy (non-hydrogen) atoms. The zero-order valence-electron chi connectivity index (χ0n) is 20.9. The molecule has 0 aromatic rings. The van der Waals surface area contributed by atoms with E-state index in [1.807, 2.05) is 0 Å².